The van der Waals surface area contributed by atoms with Gasteiger partial charge >= 0.3 is 5.97 Å². The van der Waals surface area contributed by atoms with E-state index in [1.54, 1.807) is 24.3 Å². The van der Waals surface area contributed by atoms with Crippen LogP contribution in [0.5, 0.6) is 0 Å². The van der Waals surface area contributed by atoms with Crippen molar-refractivity contribution in [2.75, 3.05) is 24.2 Å². The molecule has 1 rings (SSSR count). The van der Waals surface area contributed by atoms with Crippen molar-refractivity contribution >= 4 is 21.7 Å². The number of para-hydroxylation sites is 1. The summed E-state index contributed by atoms with van der Waals surface area (Å²) in [6.45, 7) is 5.97. The van der Waals surface area contributed by atoms with Gasteiger partial charge in [-0.2, -0.15) is 0 Å². The third-order valence-corrected chi connectivity index (χ3v) is 4.93. The quantitative estimate of drug-likeness (QED) is 0.784. The maximum absolute atomic E-state index is 12.4. The molecule has 0 saturated heterocycles. The first-order valence-corrected chi connectivity index (χ1v) is 8.33. The zero-order valence-electron chi connectivity index (χ0n) is 13.2. The Bertz CT molecular complexity index is 602. The number of carbonyl (C=O) groups excluding carboxylic acids is 1. The molecule has 0 aliphatic carbocycles. The molecule has 1 aromatic carbocycles. The monoisotopic (exact) mass is 313 g/mol. The van der Waals surface area contributed by atoms with Gasteiger partial charge in [-0.25, -0.2) is 13.2 Å². The molecular formula is C15H23NO4S. The SMILES string of the molecule is COC(=O)c1ccccc1N(C)S(=O)(=O)CCC(C)(C)C. The van der Waals surface area contributed by atoms with Crippen LogP contribution in [0.15, 0.2) is 24.3 Å². The molecular weight excluding hydrogens is 290 g/mol. The summed E-state index contributed by atoms with van der Waals surface area (Å²) in [5.41, 5.74) is 0.496. The van der Waals surface area contributed by atoms with Crippen LogP contribution in [0.2, 0.25) is 0 Å². The molecule has 0 aliphatic rings. The van der Waals surface area contributed by atoms with Crippen LogP contribution in [0, 0.1) is 5.41 Å². The van der Waals surface area contributed by atoms with Gasteiger partial charge in [0.05, 0.1) is 24.1 Å². The van der Waals surface area contributed by atoms with Crippen LogP contribution >= 0.6 is 0 Å². The molecule has 0 atom stereocenters. The second-order valence-corrected chi connectivity index (χ2v) is 8.22. The van der Waals surface area contributed by atoms with Crippen LogP contribution in [0.25, 0.3) is 0 Å². The van der Waals surface area contributed by atoms with Gasteiger partial charge in [0.15, 0.2) is 0 Å². The van der Waals surface area contributed by atoms with Gasteiger partial charge < -0.3 is 4.74 Å². The van der Waals surface area contributed by atoms with Crippen LogP contribution in [0.4, 0.5) is 5.69 Å². The lowest BCUT2D eigenvalue weighted by molar-refractivity contribution is 0.0601. The number of anilines is 1. The van der Waals surface area contributed by atoms with Crippen molar-refractivity contribution in [1.29, 1.82) is 0 Å². The van der Waals surface area contributed by atoms with Crippen LogP contribution in [-0.2, 0) is 14.8 Å². The average molecular weight is 313 g/mol. The largest absolute Gasteiger partial charge is 0.465 e. The second kappa shape index (κ2) is 6.47. The third-order valence-electron chi connectivity index (χ3n) is 3.18. The highest BCUT2D eigenvalue weighted by atomic mass is 32.2. The fourth-order valence-corrected chi connectivity index (χ4v) is 3.36. The highest BCUT2D eigenvalue weighted by Gasteiger charge is 2.25. The van der Waals surface area contributed by atoms with E-state index in [2.05, 4.69) is 0 Å². The van der Waals surface area contributed by atoms with E-state index in [0.717, 1.165) is 4.31 Å². The number of sulfonamides is 1. The molecule has 5 nitrogen and oxygen atoms in total. The van der Waals surface area contributed by atoms with E-state index >= 15 is 0 Å². The summed E-state index contributed by atoms with van der Waals surface area (Å²) in [6.07, 6.45) is 0.542. The molecule has 0 amide bonds. The topological polar surface area (TPSA) is 63.7 Å². The molecule has 0 heterocycles. The Hall–Kier alpha value is -1.56. The smallest absolute Gasteiger partial charge is 0.340 e. The number of rotatable bonds is 5. The summed E-state index contributed by atoms with van der Waals surface area (Å²) in [5.74, 6) is -0.522. The molecule has 21 heavy (non-hydrogen) atoms. The highest BCUT2D eigenvalue weighted by molar-refractivity contribution is 7.92. The summed E-state index contributed by atoms with van der Waals surface area (Å²) in [4.78, 5) is 11.7. The first kappa shape index (κ1) is 17.5. The van der Waals surface area contributed by atoms with Crippen molar-refractivity contribution in [3.05, 3.63) is 29.8 Å². The Balaban J connectivity index is 3.08. The lowest BCUT2D eigenvalue weighted by Gasteiger charge is -2.24. The summed E-state index contributed by atoms with van der Waals surface area (Å²) < 4.78 is 30.7. The van der Waals surface area contributed by atoms with Crippen LogP contribution in [0.3, 0.4) is 0 Å². The van der Waals surface area contributed by atoms with Gasteiger partial charge in [0.1, 0.15) is 0 Å². The summed E-state index contributed by atoms with van der Waals surface area (Å²) in [7, 11) is -0.756. The molecule has 6 heteroatoms. The number of nitrogens with zero attached hydrogens (tertiary/aromatic N) is 1. The van der Waals surface area contributed by atoms with E-state index in [1.807, 2.05) is 20.8 Å². The van der Waals surface area contributed by atoms with E-state index in [-0.39, 0.29) is 16.7 Å². The van der Waals surface area contributed by atoms with Crippen molar-refractivity contribution in [2.24, 2.45) is 5.41 Å². The zero-order valence-corrected chi connectivity index (χ0v) is 14.0. The molecule has 0 radical (unpaired) electrons. The minimum absolute atomic E-state index is 0.0303. The summed E-state index contributed by atoms with van der Waals surface area (Å²) in [6, 6.07) is 6.51. The maximum atomic E-state index is 12.4. The number of methoxy groups -OCH3 is 1. The molecule has 0 aromatic heterocycles. The van der Waals surface area contributed by atoms with Gasteiger partial charge in [-0.05, 0) is 24.0 Å². The lowest BCUT2D eigenvalue weighted by atomic mass is 9.94. The molecule has 0 fully saturated rings. The molecule has 0 saturated carbocycles. The molecule has 118 valence electrons. The minimum atomic E-state index is -3.49. The Labute approximate surface area is 127 Å². The van der Waals surface area contributed by atoms with Crippen LogP contribution in [0.1, 0.15) is 37.6 Å². The molecule has 0 aliphatic heterocycles. The highest BCUT2D eigenvalue weighted by Crippen LogP contribution is 2.25. The fourth-order valence-electron chi connectivity index (χ4n) is 1.75. The molecule has 0 N–H and O–H groups in total. The first-order chi connectivity index (χ1) is 9.58. The number of hydrogen-bond donors (Lipinski definition) is 0. The first-order valence-electron chi connectivity index (χ1n) is 6.72. The van der Waals surface area contributed by atoms with Gasteiger partial charge in [-0.1, -0.05) is 32.9 Å². The van der Waals surface area contributed by atoms with Gasteiger partial charge in [-0.15, -0.1) is 0 Å². The summed E-state index contributed by atoms with van der Waals surface area (Å²) >= 11 is 0. The number of hydrogen-bond acceptors (Lipinski definition) is 4. The molecule has 0 unspecified atom stereocenters. The zero-order chi connectivity index (χ0) is 16.3. The number of carbonyl (C=O) groups is 1. The van der Waals surface area contributed by atoms with Gasteiger partial charge in [0.2, 0.25) is 10.0 Å². The van der Waals surface area contributed by atoms with Crippen molar-refractivity contribution in [1.82, 2.24) is 0 Å². The Morgan fingerprint density at radius 2 is 1.81 bits per heavy atom. The predicted octanol–water partition coefficient (Wildman–Crippen LogP) is 2.68. The maximum Gasteiger partial charge on any atom is 0.340 e. The van der Waals surface area contributed by atoms with Crippen molar-refractivity contribution in [3.63, 3.8) is 0 Å². The molecule has 0 bridgehead atoms. The minimum Gasteiger partial charge on any atom is -0.465 e. The number of ether oxygens (including phenoxy) is 1. The predicted molar refractivity (Wildman–Crippen MR) is 84.0 cm³/mol. The Morgan fingerprint density at radius 1 is 1.24 bits per heavy atom. The average Bonchev–Trinajstić information content (AvgIpc) is 2.43. The summed E-state index contributed by atoms with van der Waals surface area (Å²) in [5, 5.41) is 0. The number of benzene rings is 1. The third kappa shape index (κ3) is 4.74. The van der Waals surface area contributed by atoms with Gasteiger partial charge in [0, 0.05) is 7.05 Å². The van der Waals surface area contributed by atoms with Crippen molar-refractivity contribution < 1.29 is 17.9 Å². The molecule has 0 spiro atoms. The van der Waals surface area contributed by atoms with Crippen molar-refractivity contribution in [3.8, 4) is 0 Å². The van der Waals surface area contributed by atoms with E-state index in [0.29, 0.717) is 12.1 Å². The van der Waals surface area contributed by atoms with E-state index in [4.69, 9.17) is 4.74 Å². The Morgan fingerprint density at radius 3 is 2.33 bits per heavy atom. The van der Waals surface area contributed by atoms with E-state index in [1.165, 1.54) is 14.2 Å². The Kier molecular flexibility index (Phi) is 5.39. The second-order valence-electron chi connectivity index (χ2n) is 6.10. The number of esters is 1. The lowest BCUT2D eigenvalue weighted by Crippen LogP contribution is -2.31. The van der Waals surface area contributed by atoms with E-state index in [9.17, 15) is 13.2 Å². The van der Waals surface area contributed by atoms with Gasteiger partial charge in [-0.3, -0.25) is 4.31 Å². The standard InChI is InChI=1S/C15H23NO4S/c1-15(2,3)10-11-21(18,19)16(4)13-9-7-6-8-12(13)14(17)20-5/h6-9H,10-11H2,1-5H3. The van der Waals surface area contributed by atoms with Crippen LogP contribution < -0.4 is 4.31 Å². The van der Waals surface area contributed by atoms with Crippen molar-refractivity contribution in [2.45, 2.75) is 27.2 Å². The fraction of sp³-hybridized carbons (Fsp3) is 0.533. The van der Waals surface area contributed by atoms with Crippen LogP contribution in [-0.4, -0.2) is 34.3 Å². The molecule has 1 aromatic rings. The van der Waals surface area contributed by atoms with Gasteiger partial charge in [0.25, 0.3) is 0 Å². The normalized spacial score (nSPS) is 12.0. The van der Waals surface area contributed by atoms with E-state index < -0.39 is 16.0 Å².